The van der Waals surface area contributed by atoms with Crippen LogP contribution in [0.1, 0.15) is 46.0 Å². The Morgan fingerprint density at radius 1 is 1.29 bits per heavy atom. The molecule has 3 nitrogen and oxygen atoms in total. The first kappa shape index (κ1) is 12.9. The molecule has 0 amide bonds. The number of nitrogens with one attached hydrogen (secondary N) is 1. The summed E-state index contributed by atoms with van der Waals surface area (Å²) in [6.45, 7) is 5.95. The lowest BCUT2D eigenvalue weighted by molar-refractivity contribution is -0.0648. The summed E-state index contributed by atoms with van der Waals surface area (Å²) in [5.74, 6) is 1.43. The van der Waals surface area contributed by atoms with E-state index in [0.29, 0.717) is 12.5 Å². The average Bonchev–Trinajstić information content (AvgIpc) is 2.77. The zero-order chi connectivity index (χ0) is 12.5. The summed E-state index contributed by atoms with van der Waals surface area (Å²) < 4.78 is 0. The molecule has 1 unspecified atom stereocenters. The maximum Gasteiger partial charge on any atom is 0.0968 e. The predicted molar refractivity (Wildman–Crippen MR) is 67.3 cm³/mol. The minimum absolute atomic E-state index is 0.498. The monoisotopic (exact) mass is 236 g/mol. The van der Waals surface area contributed by atoms with Crippen LogP contribution in [0.5, 0.6) is 0 Å². The van der Waals surface area contributed by atoms with Crippen molar-refractivity contribution >= 4 is 0 Å². The van der Waals surface area contributed by atoms with Gasteiger partial charge >= 0.3 is 0 Å². The van der Waals surface area contributed by atoms with Crippen LogP contribution in [-0.4, -0.2) is 23.8 Å². The largest absolute Gasteiger partial charge is 0.387 e. The second-order valence-electron chi connectivity index (χ2n) is 6.23. The predicted octanol–water partition coefficient (Wildman–Crippen LogP) is 2.07. The summed E-state index contributed by atoms with van der Waals surface area (Å²) in [7, 11) is 0. The van der Waals surface area contributed by atoms with Gasteiger partial charge in [-0.05, 0) is 50.5 Å². The van der Waals surface area contributed by atoms with E-state index in [2.05, 4.69) is 25.2 Å². The van der Waals surface area contributed by atoms with Gasteiger partial charge in [0.15, 0.2) is 0 Å². The number of aliphatic hydroxyl groups is 1. The van der Waals surface area contributed by atoms with E-state index >= 15 is 0 Å². The standard InChI is InChI=1S/C14H24N2O/c1-11(2)12-3-5-13(9-15,6-4-12)14(17)7-8-16-10-14/h11-12,16-17H,3-8,10H2,1-2H3. The van der Waals surface area contributed by atoms with Crippen molar-refractivity contribution in [3.05, 3.63) is 0 Å². The highest BCUT2D eigenvalue weighted by Crippen LogP contribution is 2.49. The SMILES string of the molecule is CC(C)C1CCC(C#N)(C2(O)CCNC2)CC1. The van der Waals surface area contributed by atoms with E-state index in [0.717, 1.165) is 44.6 Å². The fourth-order valence-corrected chi connectivity index (χ4v) is 3.57. The van der Waals surface area contributed by atoms with Gasteiger partial charge in [-0.15, -0.1) is 0 Å². The summed E-state index contributed by atoms with van der Waals surface area (Å²) in [5.41, 5.74) is -1.29. The van der Waals surface area contributed by atoms with Gasteiger partial charge in [-0.25, -0.2) is 0 Å². The van der Waals surface area contributed by atoms with Crippen LogP contribution in [0.15, 0.2) is 0 Å². The Labute approximate surface area is 104 Å². The molecule has 0 aromatic rings. The lowest BCUT2D eigenvalue weighted by atomic mass is 9.60. The minimum Gasteiger partial charge on any atom is -0.387 e. The van der Waals surface area contributed by atoms with Crippen LogP contribution < -0.4 is 5.32 Å². The molecule has 2 fully saturated rings. The first-order valence-electron chi connectivity index (χ1n) is 6.87. The van der Waals surface area contributed by atoms with Gasteiger partial charge in [0.25, 0.3) is 0 Å². The molecule has 1 heterocycles. The summed E-state index contributed by atoms with van der Waals surface area (Å²) in [4.78, 5) is 0. The van der Waals surface area contributed by atoms with E-state index in [9.17, 15) is 10.4 Å². The van der Waals surface area contributed by atoms with Crippen LogP contribution in [0.25, 0.3) is 0 Å². The van der Waals surface area contributed by atoms with Crippen LogP contribution in [0, 0.1) is 28.6 Å². The molecular weight excluding hydrogens is 212 g/mol. The van der Waals surface area contributed by atoms with Gasteiger partial charge in [0.1, 0.15) is 0 Å². The smallest absolute Gasteiger partial charge is 0.0968 e. The zero-order valence-electron chi connectivity index (χ0n) is 11.0. The van der Waals surface area contributed by atoms with Gasteiger partial charge in [0, 0.05) is 6.54 Å². The maximum atomic E-state index is 10.7. The Morgan fingerprint density at radius 3 is 2.35 bits per heavy atom. The van der Waals surface area contributed by atoms with Gasteiger partial charge in [-0.2, -0.15) is 5.26 Å². The molecule has 2 rings (SSSR count). The molecule has 1 saturated carbocycles. The van der Waals surface area contributed by atoms with Crippen molar-refractivity contribution in [2.45, 2.75) is 51.6 Å². The molecule has 0 spiro atoms. The number of hydrogen-bond acceptors (Lipinski definition) is 3. The van der Waals surface area contributed by atoms with E-state index in [-0.39, 0.29) is 0 Å². The summed E-state index contributed by atoms with van der Waals surface area (Å²) in [6, 6.07) is 2.47. The van der Waals surface area contributed by atoms with Gasteiger partial charge in [-0.1, -0.05) is 13.8 Å². The van der Waals surface area contributed by atoms with Gasteiger partial charge in [0.2, 0.25) is 0 Å². The quantitative estimate of drug-likeness (QED) is 0.771. The van der Waals surface area contributed by atoms with E-state index in [1.165, 1.54) is 0 Å². The molecular formula is C14H24N2O. The number of β-amino-alcohol motifs (C(OH)–C–C–N with tert-alkyl or cyclic N) is 1. The topological polar surface area (TPSA) is 56.0 Å². The molecule has 1 atom stereocenters. The Bertz CT molecular complexity index is 305. The normalized spacial score (nSPS) is 42.6. The van der Waals surface area contributed by atoms with Crippen molar-refractivity contribution in [1.29, 1.82) is 5.26 Å². The number of nitriles is 1. The molecule has 2 aliphatic rings. The highest BCUT2D eigenvalue weighted by molar-refractivity contribution is 5.15. The van der Waals surface area contributed by atoms with E-state index in [1.807, 2.05) is 0 Å². The molecule has 0 radical (unpaired) electrons. The third kappa shape index (κ3) is 2.09. The van der Waals surface area contributed by atoms with E-state index in [4.69, 9.17) is 0 Å². The number of hydrogen-bond donors (Lipinski definition) is 2. The molecule has 3 heteroatoms. The van der Waals surface area contributed by atoms with Gasteiger partial charge in [0.05, 0.1) is 17.1 Å². The first-order valence-corrected chi connectivity index (χ1v) is 6.87. The molecule has 0 aromatic carbocycles. The molecule has 96 valence electrons. The van der Waals surface area contributed by atoms with Crippen molar-refractivity contribution in [3.8, 4) is 6.07 Å². The lowest BCUT2D eigenvalue weighted by Gasteiger charge is -2.45. The number of rotatable bonds is 2. The van der Waals surface area contributed by atoms with E-state index < -0.39 is 11.0 Å². The Morgan fingerprint density at radius 2 is 1.94 bits per heavy atom. The molecule has 1 aliphatic carbocycles. The van der Waals surface area contributed by atoms with Crippen LogP contribution in [-0.2, 0) is 0 Å². The highest BCUT2D eigenvalue weighted by Gasteiger charge is 2.53. The van der Waals surface area contributed by atoms with Crippen molar-refractivity contribution in [2.24, 2.45) is 17.3 Å². The fraction of sp³-hybridized carbons (Fsp3) is 0.929. The Kier molecular flexibility index (Phi) is 3.47. The highest BCUT2D eigenvalue weighted by atomic mass is 16.3. The molecule has 0 bridgehead atoms. The van der Waals surface area contributed by atoms with Crippen molar-refractivity contribution in [2.75, 3.05) is 13.1 Å². The zero-order valence-corrected chi connectivity index (χ0v) is 11.0. The fourth-order valence-electron chi connectivity index (χ4n) is 3.57. The third-order valence-corrected chi connectivity index (χ3v) is 5.06. The van der Waals surface area contributed by atoms with Crippen LogP contribution >= 0.6 is 0 Å². The molecule has 0 aromatic heterocycles. The van der Waals surface area contributed by atoms with E-state index in [1.54, 1.807) is 0 Å². The van der Waals surface area contributed by atoms with Crippen molar-refractivity contribution in [3.63, 3.8) is 0 Å². The minimum atomic E-state index is -0.788. The van der Waals surface area contributed by atoms with Crippen LogP contribution in [0.2, 0.25) is 0 Å². The Hall–Kier alpha value is -0.590. The third-order valence-electron chi connectivity index (χ3n) is 5.06. The van der Waals surface area contributed by atoms with Gasteiger partial charge < -0.3 is 10.4 Å². The molecule has 1 aliphatic heterocycles. The first-order chi connectivity index (χ1) is 8.03. The average molecular weight is 236 g/mol. The molecule has 17 heavy (non-hydrogen) atoms. The van der Waals surface area contributed by atoms with Crippen LogP contribution in [0.4, 0.5) is 0 Å². The molecule has 1 saturated heterocycles. The van der Waals surface area contributed by atoms with Crippen molar-refractivity contribution in [1.82, 2.24) is 5.32 Å². The second-order valence-corrected chi connectivity index (χ2v) is 6.23. The number of nitrogens with zero attached hydrogens (tertiary/aromatic N) is 1. The summed E-state index contributed by atoms with van der Waals surface area (Å²) >= 11 is 0. The second kappa shape index (κ2) is 4.59. The van der Waals surface area contributed by atoms with Crippen molar-refractivity contribution < 1.29 is 5.11 Å². The van der Waals surface area contributed by atoms with Crippen LogP contribution in [0.3, 0.4) is 0 Å². The summed E-state index contributed by atoms with van der Waals surface area (Å²) in [5, 5.41) is 23.5. The summed E-state index contributed by atoms with van der Waals surface area (Å²) in [6.07, 6.45) is 4.64. The molecule has 2 N–H and O–H groups in total. The lowest BCUT2D eigenvalue weighted by Crippen LogP contribution is -2.51. The maximum absolute atomic E-state index is 10.7. The Balaban J connectivity index is 2.11. The van der Waals surface area contributed by atoms with Gasteiger partial charge in [-0.3, -0.25) is 0 Å².